The summed E-state index contributed by atoms with van der Waals surface area (Å²) in [5, 5.41) is 21.0. The number of nitrogens with one attached hydrogen (secondary N) is 3. The fourth-order valence-electron chi connectivity index (χ4n) is 8.87. The maximum absolute atomic E-state index is 15.2. The van der Waals surface area contributed by atoms with Crippen LogP contribution in [0, 0.1) is 18.3 Å². The van der Waals surface area contributed by atoms with Crippen LogP contribution in [-0.2, 0) is 24.3 Å². The van der Waals surface area contributed by atoms with Crippen molar-refractivity contribution in [1.82, 2.24) is 30.2 Å². The first-order valence-electron chi connectivity index (χ1n) is 23.0. The molecule has 4 N–H and O–H groups in total. The van der Waals surface area contributed by atoms with Gasteiger partial charge in [-0.3, -0.25) is 9.59 Å². The molecule has 17 heteroatoms. The fraction of sp³-hybridized carbons (Fsp3) is 0.612. The molecule has 3 aliphatic rings. The molecule has 0 spiro atoms. The average molecular weight is 951 g/mol. The quantitative estimate of drug-likeness (QED) is 0.0486. The van der Waals surface area contributed by atoms with Gasteiger partial charge in [0.1, 0.15) is 52.2 Å². The van der Waals surface area contributed by atoms with E-state index in [1.54, 1.807) is 41.7 Å². The number of aliphatic hydroxyl groups excluding tert-OH is 1. The smallest absolute Gasteiger partial charge is 0.408 e. The van der Waals surface area contributed by atoms with E-state index in [2.05, 4.69) is 42.4 Å². The zero-order chi connectivity index (χ0) is 48.7. The van der Waals surface area contributed by atoms with Gasteiger partial charge in [0.05, 0.1) is 35.2 Å². The Morgan fingerprint density at radius 3 is 2.36 bits per heavy atom. The third-order valence-corrected chi connectivity index (χ3v) is 16.5. The molecule has 15 nitrogen and oxygen atoms in total. The normalized spacial score (nSPS) is 22.9. The summed E-state index contributed by atoms with van der Waals surface area (Å²) in [6, 6.07) is 3.25. The first-order chi connectivity index (χ1) is 30.8. The molecule has 3 aromatic rings. The van der Waals surface area contributed by atoms with Crippen LogP contribution in [0.3, 0.4) is 0 Å². The molecule has 1 aliphatic heterocycles. The number of thiazole rings is 1. The summed E-state index contributed by atoms with van der Waals surface area (Å²) in [6.07, 6.45) is 2.93. The second-order valence-electron chi connectivity index (χ2n) is 20.6. The number of carbonyl (C=O) groups is 3. The van der Waals surface area contributed by atoms with Crippen molar-refractivity contribution in [3.63, 3.8) is 0 Å². The lowest BCUT2D eigenvalue weighted by atomic mass is 9.81. The fourth-order valence-corrected chi connectivity index (χ4v) is 11.2. The number of hydrogen-bond acceptors (Lipinski definition) is 12. The first kappa shape index (κ1) is 50.8. The number of nitrogens with zero attached hydrogens (tertiary/aromatic N) is 3. The maximum atomic E-state index is 15.2. The molecule has 1 saturated heterocycles. The van der Waals surface area contributed by atoms with Crippen LogP contribution in [0.1, 0.15) is 131 Å². The Labute approximate surface area is 394 Å². The number of carbonyl (C=O) groups excluding carboxylic acids is 3. The van der Waals surface area contributed by atoms with E-state index in [0.29, 0.717) is 57.9 Å². The van der Waals surface area contributed by atoms with Crippen LogP contribution in [0.4, 0.5) is 4.79 Å². The predicted molar refractivity (Wildman–Crippen MR) is 258 cm³/mol. The molecular formula is C49H70N6O9S2. The molecule has 2 saturated carbocycles. The van der Waals surface area contributed by atoms with E-state index >= 15 is 9.59 Å². The minimum Gasteiger partial charge on any atom is -0.496 e. The summed E-state index contributed by atoms with van der Waals surface area (Å²) < 4.78 is 46.7. The summed E-state index contributed by atoms with van der Waals surface area (Å²) in [5.74, 6) is -0.306. The third-order valence-electron chi connectivity index (χ3n) is 13.4. The van der Waals surface area contributed by atoms with Gasteiger partial charge in [-0.1, -0.05) is 58.8 Å². The number of ether oxygens (including phenoxy) is 3. The first-order valence-corrected chi connectivity index (χ1v) is 25.3. The molecule has 0 bridgehead atoms. The predicted octanol–water partition coefficient (Wildman–Crippen LogP) is 8.05. The minimum atomic E-state index is -3.97. The van der Waals surface area contributed by atoms with Crippen molar-refractivity contribution in [2.75, 3.05) is 13.7 Å². The summed E-state index contributed by atoms with van der Waals surface area (Å²) >= 11 is 1.48. The van der Waals surface area contributed by atoms with Crippen molar-refractivity contribution >= 4 is 50.2 Å². The van der Waals surface area contributed by atoms with Gasteiger partial charge in [0, 0.05) is 33.7 Å². The number of rotatable bonds is 20. The van der Waals surface area contributed by atoms with E-state index in [1.807, 2.05) is 50.4 Å². The second kappa shape index (κ2) is 19.2. The number of fused-ring (bicyclic) bond motifs is 1. The molecule has 6 rings (SSSR count). The highest BCUT2D eigenvalue weighted by Gasteiger charge is 2.65. The molecule has 362 valence electrons. The highest BCUT2D eigenvalue weighted by atomic mass is 32.2. The standard InChI is InChI=1S/C49H70N6O9S2/c1-14-15-16-17-18-19-33(52-45(59)64-46(7,8)9)43(57)55-26-38(63-37-24-34(42-51-35(27-65-42)29(4)5)50-39-30(6)36(62-13)21-20-31(37)39)47(10,11)40(55)41(56)53-49(25-32(49)28(2)3)44(58)54-66(60,61)48(12)22-23-48/h14,20-21,24,27,29,32-33,38,40,44,54,58H,1-2,15-19,22-23,25-26H2,3-13H3,(H,52,59)(H,53,56). The highest BCUT2D eigenvalue weighted by molar-refractivity contribution is 7.91. The SMILES string of the molecule is C=CCCCCCC(NC(=O)OC(C)(C)C)C(=O)N1CC(Oc2cc(-c3nc(C(C)C)cs3)nc3c(C)c(OC)ccc23)C(C)(C)C1C(=O)NC1(C(O)NS(=O)(=O)C2(C)CC2)CC1C(=C)C. The topological polar surface area (TPSA) is 198 Å². The van der Waals surface area contributed by atoms with Crippen LogP contribution in [0.15, 0.2) is 48.4 Å². The van der Waals surface area contributed by atoms with Crippen LogP contribution < -0.4 is 24.8 Å². The van der Waals surface area contributed by atoms with Gasteiger partial charge >= 0.3 is 6.09 Å². The van der Waals surface area contributed by atoms with E-state index < -0.39 is 79.6 Å². The second-order valence-corrected chi connectivity index (χ2v) is 23.7. The number of aliphatic hydroxyl groups is 1. The Bertz CT molecular complexity index is 2460. The minimum absolute atomic E-state index is 0.0691. The zero-order valence-corrected chi connectivity index (χ0v) is 42.1. The Morgan fingerprint density at radius 2 is 1.79 bits per heavy atom. The Balaban J connectivity index is 1.43. The van der Waals surface area contributed by atoms with Crippen LogP contribution >= 0.6 is 11.3 Å². The van der Waals surface area contributed by atoms with Crippen LogP contribution in [-0.4, -0.2) is 100 Å². The van der Waals surface area contributed by atoms with Gasteiger partial charge < -0.3 is 34.9 Å². The molecule has 66 heavy (non-hydrogen) atoms. The number of methoxy groups -OCH3 is 1. The van der Waals surface area contributed by atoms with Gasteiger partial charge in [-0.15, -0.1) is 17.9 Å². The van der Waals surface area contributed by atoms with Crippen molar-refractivity contribution in [3.8, 4) is 22.2 Å². The van der Waals surface area contributed by atoms with E-state index in [-0.39, 0.29) is 25.3 Å². The number of amides is 3. The van der Waals surface area contributed by atoms with Crippen molar-refractivity contribution in [2.24, 2.45) is 11.3 Å². The van der Waals surface area contributed by atoms with Gasteiger partial charge in [-0.2, -0.15) is 4.72 Å². The summed E-state index contributed by atoms with van der Waals surface area (Å²) in [6.45, 7) is 26.2. The third kappa shape index (κ3) is 10.6. The molecule has 6 atom stereocenters. The molecule has 2 aliphatic carbocycles. The van der Waals surface area contributed by atoms with Gasteiger partial charge in [0.15, 0.2) is 0 Å². The number of sulfonamides is 1. The Hall–Kier alpha value is -4.58. The number of aromatic nitrogens is 2. The molecule has 6 unspecified atom stereocenters. The Kier molecular flexibility index (Phi) is 14.8. The van der Waals surface area contributed by atoms with Gasteiger partial charge in [-0.05, 0) is 98.1 Å². The highest BCUT2D eigenvalue weighted by Crippen LogP contribution is 2.52. The zero-order valence-electron chi connectivity index (χ0n) is 40.5. The van der Waals surface area contributed by atoms with Crippen molar-refractivity contribution in [1.29, 1.82) is 0 Å². The molecule has 3 heterocycles. The number of alkyl carbamates (subject to hydrolysis) is 1. The molecule has 0 radical (unpaired) electrons. The number of benzene rings is 1. The number of aryl methyl sites for hydroxylation is 1. The van der Waals surface area contributed by atoms with Crippen molar-refractivity contribution < 1.29 is 42.1 Å². The van der Waals surface area contributed by atoms with Crippen LogP contribution in [0.5, 0.6) is 11.5 Å². The maximum Gasteiger partial charge on any atom is 0.408 e. The number of pyridine rings is 1. The molecule has 2 aromatic heterocycles. The van der Waals surface area contributed by atoms with E-state index in [0.717, 1.165) is 30.5 Å². The average Bonchev–Trinajstić information content (AvgIpc) is 4.07. The van der Waals surface area contributed by atoms with Crippen LogP contribution in [0.25, 0.3) is 21.6 Å². The molecule has 3 amide bonds. The summed E-state index contributed by atoms with van der Waals surface area (Å²) in [5.41, 5.74) is 0.162. The van der Waals surface area contributed by atoms with Gasteiger partial charge in [0.2, 0.25) is 21.8 Å². The molecule has 1 aromatic carbocycles. The van der Waals surface area contributed by atoms with Gasteiger partial charge in [-0.25, -0.2) is 23.2 Å². The lowest BCUT2D eigenvalue weighted by Gasteiger charge is -2.36. The largest absolute Gasteiger partial charge is 0.496 e. The number of hydrogen-bond donors (Lipinski definition) is 4. The number of likely N-dealkylation sites (tertiary alicyclic amines) is 1. The lowest BCUT2D eigenvalue weighted by molar-refractivity contribution is -0.143. The van der Waals surface area contributed by atoms with E-state index in [1.165, 1.54) is 16.2 Å². The van der Waals surface area contributed by atoms with Crippen LogP contribution in [0.2, 0.25) is 0 Å². The lowest BCUT2D eigenvalue weighted by Crippen LogP contribution is -2.62. The van der Waals surface area contributed by atoms with E-state index in [4.69, 9.17) is 24.2 Å². The molecule has 3 fully saturated rings. The summed E-state index contributed by atoms with van der Waals surface area (Å²) in [4.78, 5) is 55.2. The monoisotopic (exact) mass is 950 g/mol. The number of allylic oxidation sites excluding steroid dienone is 1. The number of unbranched alkanes of at least 4 members (excludes halogenated alkanes) is 3. The summed E-state index contributed by atoms with van der Waals surface area (Å²) in [7, 11) is -2.37. The van der Waals surface area contributed by atoms with E-state index in [9.17, 15) is 18.3 Å². The Morgan fingerprint density at radius 1 is 1.09 bits per heavy atom. The van der Waals surface area contributed by atoms with Gasteiger partial charge in [0.25, 0.3) is 0 Å². The van der Waals surface area contributed by atoms with Crippen molar-refractivity contribution in [3.05, 3.63) is 59.6 Å². The van der Waals surface area contributed by atoms with Crippen molar-refractivity contribution in [2.45, 2.75) is 167 Å². The molecular weight excluding hydrogens is 881 g/mol.